The third-order valence-electron chi connectivity index (χ3n) is 5.80. The Balaban J connectivity index is 1.45. The molecule has 0 radical (unpaired) electrons. The number of rotatable bonds is 5. The molecule has 0 bridgehead atoms. The van der Waals surface area contributed by atoms with E-state index >= 15 is 0 Å². The van der Waals surface area contributed by atoms with Crippen LogP contribution in [0.25, 0.3) is 27.9 Å². The fraction of sp³-hybridized carbons (Fsp3) is 0.348. The molecule has 8 nitrogen and oxygen atoms in total. The fourth-order valence-electron chi connectivity index (χ4n) is 4.34. The first-order chi connectivity index (χ1) is 15.0. The minimum atomic E-state index is -0.412. The van der Waals surface area contributed by atoms with Gasteiger partial charge in [-0.15, -0.1) is 0 Å². The summed E-state index contributed by atoms with van der Waals surface area (Å²) >= 11 is 0. The molecular weight excluding hydrogens is 394 g/mol. The van der Waals surface area contributed by atoms with Crippen molar-refractivity contribution in [1.82, 2.24) is 19.3 Å². The summed E-state index contributed by atoms with van der Waals surface area (Å²) in [7, 11) is 0. The lowest BCUT2D eigenvalue weighted by Gasteiger charge is -2.16. The van der Waals surface area contributed by atoms with E-state index < -0.39 is 5.63 Å². The van der Waals surface area contributed by atoms with Crippen LogP contribution in [0.1, 0.15) is 17.8 Å². The van der Waals surface area contributed by atoms with Crippen molar-refractivity contribution in [3.8, 4) is 11.3 Å². The zero-order valence-electron chi connectivity index (χ0n) is 17.6. The predicted octanol–water partition coefficient (Wildman–Crippen LogP) is 2.60. The number of benzene rings is 1. The molecule has 5 rings (SSSR count). The van der Waals surface area contributed by atoms with E-state index in [-0.39, 0.29) is 6.61 Å². The van der Waals surface area contributed by atoms with Crippen molar-refractivity contribution in [2.24, 2.45) is 0 Å². The number of likely N-dealkylation sites (tertiary alicyclic amines) is 1. The summed E-state index contributed by atoms with van der Waals surface area (Å²) in [5.74, 6) is 0. The summed E-state index contributed by atoms with van der Waals surface area (Å²) in [5.41, 5.74) is 4.49. The number of imidazole rings is 1. The molecule has 3 aromatic heterocycles. The molecule has 1 fully saturated rings. The molecule has 0 saturated carbocycles. The zero-order chi connectivity index (χ0) is 21.5. The second-order valence-electron chi connectivity index (χ2n) is 8.18. The maximum atomic E-state index is 12.8. The summed E-state index contributed by atoms with van der Waals surface area (Å²) < 4.78 is 7.55. The summed E-state index contributed by atoms with van der Waals surface area (Å²) in [6, 6.07) is 7.98. The first kappa shape index (κ1) is 19.7. The molecule has 8 heteroatoms. The van der Waals surface area contributed by atoms with Crippen LogP contribution in [0.5, 0.6) is 0 Å². The lowest BCUT2D eigenvalue weighted by atomic mass is 10.1. The van der Waals surface area contributed by atoms with Crippen LogP contribution in [-0.2, 0) is 0 Å². The van der Waals surface area contributed by atoms with Gasteiger partial charge in [-0.1, -0.05) is 0 Å². The van der Waals surface area contributed by atoms with Crippen molar-refractivity contribution in [3.05, 3.63) is 58.5 Å². The van der Waals surface area contributed by atoms with E-state index in [1.807, 2.05) is 54.9 Å². The predicted molar refractivity (Wildman–Crippen MR) is 119 cm³/mol. The number of fused-ring (bicyclic) bond motifs is 2. The molecule has 0 amide bonds. The highest BCUT2D eigenvalue weighted by Gasteiger charge is 2.22. The Kier molecular flexibility index (Phi) is 4.95. The van der Waals surface area contributed by atoms with E-state index in [1.54, 1.807) is 0 Å². The van der Waals surface area contributed by atoms with Gasteiger partial charge in [0.1, 0.15) is 5.58 Å². The fourth-order valence-corrected chi connectivity index (χ4v) is 4.34. The summed E-state index contributed by atoms with van der Waals surface area (Å²) in [5, 5.41) is 13.5. The van der Waals surface area contributed by atoms with Gasteiger partial charge in [0.15, 0.2) is 5.65 Å². The van der Waals surface area contributed by atoms with Crippen molar-refractivity contribution < 1.29 is 9.52 Å². The van der Waals surface area contributed by atoms with Crippen LogP contribution in [-0.4, -0.2) is 56.7 Å². The Hall–Kier alpha value is -3.23. The molecule has 1 atom stereocenters. The number of nitrogens with one attached hydrogen (secondary N) is 1. The van der Waals surface area contributed by atoms with Gasteiger partial charge in [-0.2, -0.15) is 0 Å². The van der Waals surface area contributed by atoms with Gasteiger partial charge in [0.2, 0.25) is 0 Å². The molecule has 2 N–H and O–H groups in total. The highest BCUT2D eigenvalue weighted by molar-refractivity contribution is 5.84. The number of hydrogen-bond acceptors (Lipinski definition) is 7. The van der Waals surface area contributed by atoms with Crippen molar-refractivity contribution in [2.75, 3.05) is 31.6 Å². The Bertz CT molecular complexity index is 1330. The summed E-state index contributed by atoms with van der Waals surface area (Å²) in [6.45, 7) is 6.58. The van der Waals surface area contributed by atoms with E-state index in [1.165, 1.54) is 0 Å². The molecule has 31 heavy (non-hydrogen) atoms. The second kappa shape index (κ2) is 7.79. The van der Waals surface area contributed by atoms with Gasteiger partial charge >= 0.3 is 5.63 Å². The smallest absolute Gasteiger partial charge is 0.345 e. The van der Waals surface area contributed by atoms with Crippen molar-refractivity contribution in [2.45, 2.75) is 26.3 Å². The molecule has 4 aromatic rings. The van der Waals surface area contributed by atoms with Gasteiger partial charge in [0.25, 0.3) is 0 Å². The van der Waals surface area contributed by atoms with Gasteiger partial charge in [-0.3, -0.25) is 9.88 Å². The monoisotopic (exact) mass is 419 g/mol. The van der Waals surface area contributed by atoms with Gasteiger partial charge < -0.3 is 19.2 Å². The maximum absolute atomic E-state index is 12.8. The number of aliphatic hydroxyl groups is 1. The molecular formula is C23H25N5O3. The highest BCUT2D eigenvalue weighted by Crippen LogP contribution is 2.25. The van der Waals surface area contributed by atoms with Crippen molar-refractivity contribution in [1.29, 1.82) is 0 Å². The zero-order valence-corrected chi connectivity index (χ0v) is 17.6. The largest absolute Gasteiger partial charge is 0.422 e. The van der Waals surface area contributed by atoms with Gasteiger partial charge in [0, 0.05) is 55.2 Å². The van der Waals surface area contributed by atoms with E-state index in [2.05, 4.69) is 20.2 Å². The van der Waals surface area contributed by atoms with Crippen LogP contribution >= 0.6 is 0 Å². The average Bonchev–Trinajstić information content (AvgIpc) is 3.34. The quantitative estimate of drug-likeness (QED) is 0.480. The van der Waals surface area contributed by atoms with Crippen LogP contribution < -0.4 is 10.9 Å². The van der Waals surface area contributed by atoms with Crippen LogP contribution in [0.2, 0.25) is 0 Å². The molecule has 0 aliphatic carbocycles. The topological polar surface area (TPSA) is 95.9 Å². The number of β-amino-alcohol motifs (C(OH)–C–C–N with tert-alkyl or cyclic N) is 1. The molecule has 1 aromatic carbocycles. The third kappa shape index (κ3) is 3.80. The lowest BCUT2D eigenvalue weighted by Crippen LogP contribution is -2.28. The normalized spacial score (nSPS) is 17.1. The first-order valence-corrected chi connectivity index (χ1v) is 10.5. The van der Waals surface area contributed by atoms with E-state index in [0.29, 0.717) is 29.4 Å². The summed E-state index contributed by atoms with van der Waals surface area (Å²) in [4.78, 5) is 24.0. The second-order valence-corrected chi connectivity index (χ2v) is 8.18. The number of hydrogen-bond donors (Lipinski definition) is 2. The Labute approximate surface area is 179 Å². The number of anilines is 1. The third-order valence-corrected chi connectivity index (χ3v) is 5.80. The van der Waals surface area contributed by atoms with E-state index in [0.717, 1.165) is 47.6 Å². The summed E-state index contributed by atoms with van der Waals surface area (Å²) in [6.07, 6.45) is 4.75. The standard InChI is InChI=1S/C23H25N5O3/c1-14-11-28-13-20(26-22(28)15(2)24-14)19-9-16-3-4-17(10-21(16)31-23(19)30)25-18-5-6-27(12-18)7-8-29/h3-4,9-11,13,18,25,29H,5-8,12H2,1-2H3/t18-/m1/s1. The number of nitrogens with zero attached hydrogens (tertiary/aromatic N) is 4. The SMILES string of the molecule is Cc1cn2cc(-c3cc4ccc(N[C@@H]5CCN(CCO)C5)cc4oc3=O)nc2c(C)n1. The first-order valence-electron chi connectivity index (χ1n) is 10.5. The molecule has 1 aliphatic rings. The molecule has 4 heterocycles. The Morgan fingerprint density at radius 1 is 1.23 bits per heavy atom. The van der Waals surface area contributed by atoms with Crippen LogP contribution in [0.4, 0.5) is 5.69 Å². The van der Waals surface area contributed by atoms with Gasteiger partial charge in [-0.25, -0.2) is 9.78 Å². The molecule has 160 valence electrons. The van der Waals surface area contributed by atoms with Crippen LogP contribution in [0, 0.1) is 13.8 Å². The number of aryl methyl sites for hydroxylation is 2. The van der Waals surface area contributed by atoms with E-state index in [9.17, 15) is 4.79 Å². The van der Waals surface area contributed by atoms with E-state index in [4.69, 9.17) is 9.52 Å². The maximum Gasteiger partial charge on any atom is 0.345 e. The lowest BCUT2D eigenvalue weighted by molar-refractivity contribution is 0.221. The minimum absolute atomic E-state index is 0.179. The Morgan fingerprint density at radius 2 is 2.10 bits per heavy atom. The number of aliphatic hydroxyl groups excluding tert-OH is 1. The highest BCUT2D eigenvalue weighted by atomic mass is 16.4. The molecule has 0 unspecified atom stereocenters. The van der Waals surface area contributed by atoms with Crippen molar-refractivity contribution in [3.63, 3.8) is 0 Å². The van der Waals surface area contributed by atoms with Crippen molar-refractivity contribution >= 4 is 22.3 Å². The van der Waals surface area contributed by atoms with Gasteiger partial charge in [-0.05, 0) is 38.5 Å². The Morgan fingerprint density at radius 3 is 2.94 bits per heavy atom. The number of aromatic nitrogens is 3. The average molecular weight is 419 g/mol. The molecule has 1 aliphatic heterocycles. The molecule has 1 saturated heterocycles. The van der Waals surface area contributed by atoms with Crippen LogP contribution in [0.15, 0.2) is 45.9 Å². The van der Waals surface area contributed by atoms with Crippen LogP contribution in [0.3, 0.4) is 0 Å². The van der Waals surface area contributed by atoms with Gasteiger partial charge in [0.05, 0.1) is 29.3 Å². The molecule has 0 spiro atoms. The minimum Gasteiger partial charge on any atom is -0.422 e.